The molecule has 49 heavy (non-hydrogen) atoms. The molecule has 0 bridgehead atoms. The first-order valence-corrected chi connectivity index (χ1v) is 17.6. The van der Waals surface area contributed by atoms with Gasteiger partial charge in [-0.3, -0.25) is 0 Å². The van der Waals surface area contributed by atoms with E-state index >= 15 is 0 Å². The molecule has 7 aromatic rings. The lowest BCUT2D eigenvalue weighted by Gasteiger charge is -2.34. The SMILES string of the molecule is CC1(C)c2cc(-c3cc(B4CC(C)(C)C(C)(C)O4)cc(-c4ccccc4)c3)ccc2-c2ccc(-c3ccc4oc5ccccc5c4c3)cc21. The van der Waals surface area contributed by atoms with Crippen molar-refractivity contribution in [1.82, 2.24) is 0 Å². The van der Waals surface area contributed by atoms with E-state index in [-0.39, 0.29) is 23.3 Å². The Labute approximate surface area is 289 Å². The van der Waals surface area contributed by atoms with Crippen molar-refractivity contribution >= 4 is 34.3 Å². The van der Waals surface area contributed by atoms with Crippen molar-refractivity contribution in [2.45, 2.75) is 58.9 Å². The molecule has 1 fully saturated rings. The van der Waals surface area contributed by atoms with Gasteiger partial charge in [-0.2, -0.15) is 0 Å². The molecule has 2 nitrogen and oxygen atoms in total. The summed E-state index contributed by atoms with van der Waals surface area (Å²) in [5.41, 5.74) is 15.6. The normalized spacial score (nSPS) is 17.1. The molecule has 2 heterocycles. The second-order valence-electron chi connectivity index (χ2n) is 15.9. The molecule has 1 aliphatic carbocycles. The van der Waals surface area contributed by atoms with E-state index in [4.69, 9.17) is 9.07 Å². The first kappa shape index (κ1) is 30.2. The summed E-state index contributed by atoms with van der Waals surface area (Å²) in [6.07, 6.45) is 0.996. The molecule has 0 amide bonds. The Morgan fingerprint density at radius 2 is 1.06 bits per heavy atom. The summed E-state index contributed by atoms with van der Waals surface area (Å²) >= 11 is 0. The summed E-state index contributed by atoms with van der Waals surface area (Å²) in [5, 5.41) is 2.32. The Hall–Kier alpha value is -4.86. The summed E-state index contributed by atoms with van der Waals surface area (Å²) in [6.45, 7) is 13.9. The fourth-order valence-electron chi connectivity index (χ4n) is 8.26. The number of rotatable bonds is 4. The highest BCUT2D eigenvalue weighted by atomic mass is 16.5. The standard InChI is InChI=1S/C46H41BO2/c1-44(2)28-47(49-46(44,5)6)35-23-33(29-12-8-7-9-13-29)22-34(24-35)32-17-20-37-36-19-16-31(26-40(36)45(3,4)41(37)27-32)30-18-21-43-39(25-30)38-14-10-11-15-42(38)48-43/h7-27H,28H2,1-6H3. The minimum atomic E-state index is -0.194. The Kier molecular flexibility index (Phi) is 6.52. The topological polar surface area (TPSA) is 22.4 Å². The second-order valence-corrected chi connectivity index (χ2v) is 15.9. The number of hydrogen-bond donors (Lipinski definition) is 0. The van der Waals surface area contributed by atoms with Crippen LogP contribution in [0.25, 0.3) is 66.4 Å². The van der Waals surface area contributed by atoms with Gasteiger partial charge in [0, 0.05) is 16.2 Å². The zero-order chi connectivity index (χ0) is 33.7. The summed E-state index contributed by atoms with van der Waals surface area (Å²) in [6, 6.07) is 46.8. The van der Waals surface area contributed by atoms with E-state index in [0.717, 1.165) is 28.3 Å². The predicted octanol–water partition coefficient (Wildman–Crippen LogP) is 11.9. The molecule has 6 aromatic carbocycles. The highest BCUT2D eigenvalue weighted by Gasteiger charge is 2.50. The average Bonchev–Trinajstić information content (AvgIpc) is 3.67. The lowest BCUT2D eigenvalue weighted by molar-refractivity contribution is 0.0375. The molecule has 0 unspecified atom stereocenters. The predicted molar refractivity (Wildman–Crippen MR) is 207 cm³/mol. The van der Waals surface area contributed by atoms with Crippen LogP contribution in [0.4, 0.5) is 0 Å². The Morgan fingerprint density at radius 3 is 1.73 bits per heavy atom. The third kappa shape index (κ3) is 4.74. The summed E-state index contributed by atoms with van der Waals surface area (Å²) < 4.78 is 12.9. The van der Waals surface area contributed by atoms with Crippen LogP contribution in [0.15, 0.2) is 132 Å². The van der Waals surface area contributed by atoms with Gasteiger partial charge in [-0.15, -0.1) is 0 Å². The molecule has 0 N–H and O–H groups in total. The largest absolute Gasteiger partial charge is 0.456 e. The van der Waals surface area contributed by atoms with Crippen molar-refractivity contribution in [2.75, 3.05) is 0 Å². The molecule has 240 valence electrons. The van der Waals surface area contributed by atoms with Crippen LogP contribution in [-0.2, 0) is 10.1 Å². The van der Waals surface area contributed by atoms with Gasteiger partial charge in [-0.1, -0.05) is 119 Å². The maximum absolute atomic E-state index is 6.76. The monoisotopic (exact) mass is 636 g/mol. The third-order valence-electron chi connectivity index (χ3n) is 11.9. The molecule has 1 aliphatic heterocycles. The molecule has 0 radical (unpaired) electrons. The Bertz CT molecular complexity index is 2410. The zero-order valence-electron chi connectivity index (χ0n) is 29.2. The molecule has 3 heteroatoms. The molecule has 2 aliphatic rings. The first-order valence-electron chi connectivity index (χ1n) is 17.6. The number of benzene rings is 6. The quantitative estimate of drug-likeness (QED) is 0.179. The zero-order valence-corrected chi connectivity index (χ0v) is 29.2. The maximum atomic E-state index is 6.76. The Morgan fingerprint density at radius 1 is 0.490 bits per heavy atom. The van der Waals surface area contributed by atoms with E-state index in [1.165, 1.54) is 61.1 Å². The number of para-hydroxylation sites is 1. The number of hydrogen-bond acceptors (Lipinski definition) is 2. The van der Waals surface area contributed by atoms with Crippen molar-refractivity contribution in [3.8, 4) is 44.5 Å². The minimum absolute atomic E-state index is 0.0558. The molecule has 1 aromatic heterocycles. The van der Waals surface area contributed by atoms with Crippen LogP contribution in [0.1, 0.15) is 52.7 Å². The molecular weight excluding hydrogens is 595 g/mol. The highest BCUT2D eigenvalue weighted by Crippen LogP contribution is 2.51. The van der Waals surface area contributed by atoms with Crippen molar-refractivity contribution in [1.29, 1.82) is 0 Å². The van der Waals surface area contributed by atoms with E-state index in [2.05, 4.69) is 157 Å². The summed E-state index contributed by atoms with van der Waals surface area (Å²) in [4.78, 5) is 0. The second kappa shape index (κ2) is 10.6. The average molecular weight is 637 g/mol. The van der Waals surface area contributed by atoms with E-state index in [0.29, 0.717) is 0 Å². The fraction of sp³-hybridized carbons (Fsp3) is 0.217. The third-order valence-corrected chi connectivity index (χ3v) is 11.9. The van der Waals surface area contributed by atoms with Crippen LogP contribution < -0.4 is 5.46 Å². The fourth-order valence-corrected chi connectivity index (χ4v) is 8.26. The molecule has 0 spiro atoms. The van der Waals surface area contributed by atoms with Crippen molar-refractivity contribution < 1.29 is 9.07 Å². The van der Waals surface area contributed by atoms with Gasteiger partial charge in [0.1, 0.15) is 11.2 Å². The smallest absolute Gasteiger partial charge is 0.328 e. The van der Waals surface area contributed by atoms with Crippen molar-refractivity contribution in [3.63, 3.8) is 0 Å². The summed E-state index contributed by atoms with van der Waals surface area (Å²) in [5.74, 6) is 0. The van der Waals surface area contributed by atoms with E-state index < -0.39 is 0 Å². The molecule has 1 saturated heterocycles. The molecule has 0 atom stereocenters. The lowest BCUT2D eigenvalue weighted by atomic mass is 9.54. The van der Waals surface area contributed by atoms with Crippen LogP contribution in [0.2, 0.25) is 6.32 Å². The number of furan rings is 1. The van der Waals surface area contributed by atoms with Crippen LogP contribution in [0, 0.1) is 5.41 Å². The van der Waals surface area contributed by atoms with Crippen LogP contribution in [-0.4, -0.2) is 12.5 Å². The molecule has 9 rings (SSSR count). The van der Waals surface area contributed by atoms with E-state index in [9.17, 15) is 0 Å². The number of fused-ring (bicyclic) bond motifs is 6. The van der Waals surface area contributed by atoms with Crippen molar-refractivity contribution in [2.24, 2.45) is 5.41 Å². The van der Waals surface area contributed by atoms with Crippen LogP contribution in [0.5, 0.6) is 0 Å². The van der Waals surface area contributed by atoms with Gasteiger partial charge in [0.2, 0.25) is 0 Å². The van der Waals surface area contributed by atoms with Gasteiger partial charge in [0.25, 0.3) is 0 Å². The van der Waals surface area contributed by atoms with Gasteiger partial charge in [-0.25, -0.2) is 0 Å². The van der Waals surface area contributed by atoms with Crippen molar-refractivity contribution in [3.05, 3.63) is 139 Å². The highest BCUT2D eigenvalue weighted by molar-refractivity contribution is 6.68. The molecular formula is C46H41BO2. The van der Waals surface area contributed by atoms with Crippen LogP contribution >= 0.6 is 0 Å². The van der Waals surface area contributed by atoms with E-state index in [1.807, 2.05) is 12.1 Å². The van der Waals surface area contributed by atoms with E-state index in [1.54, 1.807) is 0 Å². The van der Waals surface area contributed by atoms with Gasteiger partial charge >= 0.3 is 6.92 Å². The van der Waals surface area contributed by atoms with Gasteiger partial charge in [0.15, 0.2) is 0 Å². The van der Waals surface area contributed by atoms with Gasteiger partial charge in [0.05, 0.1) is 5.60 Å². The lowest BCUT2D eigenvalue weighted by Crippen LogP contribution is -2.36. The van der Waals surface area contributed by atoms with Crippen LogP contribution in [0.3, 0.4) is 0 Å². The van der Waals surface area contributed by atoms with Gasteiger partial charge < -0.3 is 9.07 Å². The Balaban J connectivity index is 1.12. The first-order chi connectivity index (χ1) is 23.5. The molecule has 0 saturated carbocycles. The minimum Gasteiger partial charge on any atom is -0.456 e. The summed E-state index contributed by atoms with van der Waals surface area (Å²) in [7, 11) is 0. The van der Waals surface area contributed by atoms with Gasteiger partial charge in [-0.05, 0) is 123 Å². The maximum Gasteiger partial charge on any atom is 0.328 e.